The molecule has 2 saturated carbocycles. The number of allylic oxidation sites excluding steroid dienone is 8. The molecule has 0 unspecified atom stereocenters. The Morgan fingerprint density at radius 3 is 2.70 bits per heavy atom. The lowest BCUT2D eigenvalue weighted by molar-refractivity contribution is -0.169. The number of hydrogen-bond acceptors (Lipinski definition) is 8. The first-order valence-electron chi connectivity index (χ1n) is 19.2. The van der Waals surface area contributed by atoms with E-state index >= 15 is 0 Å². The number of aliphatic hydroxyl groups is 3. The van der Waals surface area contributed by atoms with Gasteiger partial charge < -0.3 is 35.8 Å². The number of fused-ring (bicyclic) bond motifs is 3. The number of carbonyl (C=O) groups is 2. The summed E-state index contributed by atoms with van der Waals surface area (Å²) in [7, 11) is 0. The summed E-state index contributed by atoms with van der Waals surface area (Å²) < 4.78 is 11.7. The minimum absolute atomic E-state index is 0.154. The van der Waals surface area contributed by atoms with Crippen LogP contribution in [0.15, 0.2) is 76.9 Å². The van der Waals surface area contributed by atoms with E-state index in [-0.39, 0.29) is 43.7 Å². The number of nitrogens with two attached hydrogens (primary N) is 1. The third kappa shape index (κ3) is 7.80. The molecule has 1 aromatic rings. The lowest BCUT2D eigenvalue weighted by atomic mass is 9.51. The second kappa shape index (κ2) is 16.7. The summed E-state index contributed by atoms with van der Waals surface area (Å²) in [6.07, 6.45) is 10.5. The van der Waals surface area contributed by atoms with Crippen LogP contribution in [-0.2, 0) is 9.53 Å². The van der Waals surface area contributed by atoms with Crippen LogP contribution in [0.1, 0.15) is 102 Å². The first-order chi connectivity index (χ1) is 25.9. The minimum atomic E-state index is -1.28. The molecule has 0 saturated heterocycles. The quantitative estimate of drug-likeness (QED) is 0.181. The van der Waals surface area contributed by atoms with Gasteiger partial charge in [-0.05, 0) is 82.8 Å². The summed E-state index contributed by atoms with van der Waals surface area (Å²) in [5, 5.41) is 38.3. The van der Waals surface area contributed by atoms with Crippen LogP contribution in [0.25, 0.3) is 0 Å². The molecule has 6 N–H and O–H groups in total. The van der Waals surface area contributed by atoms with Gasteiger partial charge in [0.05, 0.1) is 30.8 Å². The van der Waals surface area contributed by atoms with Crippen LogP contribution in [0.4, 0.5) is 4.79 Å². The zero-order valence-electron chi connectivity index (χ0n) is 31.7. The molecule has 54 heavy (non-hydrogen) atoms. The van der Waals surface area contributed by atoms with Gasteiger partial charge in [0.1, 0.15) is 18.5 Å². The van der Waals surface area contributed by atoms with Gasteiger partial charge in [-0.3, -0.25) is 4.79 Å². The van der Waals surface area contributed by atoms with Crippen LogP contribution < -0.4 is 15.8 Å². The number of aliphatic hydroxyl groups excluding tert-OH is 2. The molecule has 1 amide bonds. The molecular formula is C45H54N2O7. The van der Waals surface area contributed by atoms with E-state index in [1.165, 1.54) is 5.57 Å². The number of Topliss-reactive ketones (excluding diaryl/α,β-unsaturated/α-hetero) is 1. The van der Waals surface area contributed by atoms with Crippen molar-refractivity contribution in [3.63, 3.8) is 0 Å². The molecular weight excluding hydrogens is 681 g/mol. The van der Waals surface area contributed by atoms with E-state index in [4.69, 9.17) is 15.2 Å². The first-order valence-corrected chi connectivity index (χ1v) is 19.2. The van der Waals surface area contributed by atoms with Crippen molar-refractivity contribution in [1.82, 2.24) is 5.32 Å². The van der Waals surface area contributed by atoms with Gasteiger partial charge in [-0.15, -0.1) is 5.92 Å². The number of rotatable bonds is 3. The Labute approximate surface area is 319 Å². The number of carbonyl (C=O) groups excluding carboxylic acids is 2. The van der Waals surface area contributed by atoms with Crippen LogP contribution in [0.2, 0.25) is 0 Å². The Morgan fingerprint density at radius 2 is 1.91 bits per heavy atom. The van der Waals surface area contributed by atoms with E-state index in [1.54, 1.807) is 18.2 Å². The van der Waals surface area contributed by atoms with Crippen molar-refractivity contribution in [3.05, 3.63) is 88.1 Å². The van der Waals surface area contributed by atoms with E-state index in [1.807, 2.05) is 32.1 Å². The molecule has 8 atom stereocenters. The van der Waals surface area contributed by atoms with E-state index in [2.05, 4.69) is 48.6 Å². The zero-order valence-corrected chi connectivity index (χ0v) is 31.7. The zero-order chi connectivity index (χ0) is 38.6. The number of para-hydroxylation sites is 1. The minimum Gasteiger partial charge on any atom is -0.410 e. The van der Waals surface area contributed by atoms with Crippen LogP contribution in [0.5, 0.6) is 5.75 Å². The van der Waals surface area contributed by atoms with E-state index in [9.17, 15) is 24.9 Å². The Bertz CT molecular complexity index is 1910. The van der Waals surface area contributed by atoms with Crippen LogP contribution in [0.3, 0.4) is 0 Å². The highest BCUT2D eigenvalue weighted by Crippen LogP contribution is 2.63. The molecule has 1 spiro atoms. The normalized spacial score (nSPS) is 37.5. The highest BCUT2D eigenvalue weighted by Gasteiger charge is 2.64. The molecule has 286 valence electrons. The van der Waals surface area contributed by atoms with Gasteiger partial charge in [0.25, 0.3) is 0 Å². The average molecular weight is 735 g/mol. The largest absolute Gasteiger partial charge is 0.414 e. The molecule has 2 aliphatic heterocycles. The highest BCUT2D eigenvalue weighted by atomic mass is 16.6. The molecule has 0 aromatic heterocycles. The van der Waals surface area contributed by atoms with Gasteiger partial charge in [0.15, 0.2) is 5.78 Å². The fraction of sp³-hybridized carbons (Fsp3) is 0.511. The number of benzene rings is 1. The SMILES string of the molecule is C=C1/C=C/C=C(\[C@H]2CC[C@@]3([C@@H]4C[C@@H](CO)C#CC[C@@H](c5cccc6c5OC(=O)N[C@@H]6N)C(=O)/C(C)=C/4CC[C@@]3(C)O)[C@@H]2O)COCC#CC/C(C)=C/CC1. The lowest BCUT2D eigenvalue weighted by Gasteiger charge is -2.56. The maximum atomic E-state index is 14.7. The van der Waals surface area contributed by atoms with Gasteiger partial charge in [-0.2, -0.15) is 0 Å². The van der Waals surface area contributed by atoms with E-state index in [0.29, 0.717) is 55.2 Å². The smallest absolute Gasteiger partial charge is 0.410 e. The fourth-order valence-corrected chi connectivity index (χ4v) is 9.48. The molecule has 0 radical (unpaired) electrons. The van der Waals surface area contributed by atoms with Gasteiger partial charge >= 0.3 is 6.09 Å². The second-order valence-corrected chi connectivity index (χ2v) is 15.8. The second-order valence-electron chi connectivity index (χ2n) is 15.8. The number of hydrogen-bond donors (Lipinski definition) is 5. The van der Waals surface area contributed by atoms with Gasteiger partial charge in [-0.1, -0.05) is 83.6 Å². The Balaban J connectivity index is 1.39. The lowest BCUT2D eigenvalue weighted by Crippen LogP contribution is -2.59. The predicted molar refractivity (Wildman–Crippen MR) is 208 cm³/mol. The maximum Gasteiger partial charge on any atom is 0.414 e. The summed E-state index contributed by atoms with van der Waals surface area (Å²) in [5.74, 6) is 10.8. The standard InChI is InChI=1S/C45H54N2O7/c1-28-11-5-6-24-53-27-32(16-8-14-29(2)13-7-12-28)34-21-23-45(41(34)50)38-25-31(26-48)15-9-17-35(39(49)30(3)33(38)20-22-44(45,4)52)36-18-10-19-37-40(36)54-43(51)47-42(37)46/h8,10,12,14,16,18-19,31,34-35,38,41-42,48,50,52H,2,7,11,13,17,20-27,46H2,1,3-4H3,(H,47,51)/b14-8+,28-12+,32-16-,33-30+/t31-,34+,35-,38+,41+,42-,44+,45+/m0/s1. The highest BCUT2D eigenvalue weighted by molar-refractivity contribution is 6.01. The third-order valence-corrected chi connectivity index (χ3v) is 12.5. The number of ether oxygens (including phenoxy) is 2. The summed E-state index contributed by atoms with van der Waals surface area (Å²) >= 11 is 0. The first kappa shape index (κ1) is 39.5. The summed E-state index contributed by atoms with van der Waals surface area (Å²) in [6, 6.07) is 5.32. The topological polar surface area (TPSA) is 151 Å². The molecule has 2 fully saturated rings. The molecule has 0 bridgehead atoms. The number of nitrogens with one attached hydrogen (secondary N) is 1. The molecule has 3 aliphatic carbocycles. The summed E-state index contributed by atoms with van der Waals surface area (Å²) in [5.41, 5.74) is 9.55. The van der Waals surface area contributed by atoms with Gasteiger partial charge in [0, 0.05) is 41.2 Å². The monoisotopic (exact) mass is 734 g/mol. The predicted octanol–water partition coefficient (Wildman–Crippen LogP) is 6.23. The van der Waals surface area contributed by atoms with Crippen LogP contribution in [0, 0.1) is 46.9 Å². The molecule has 2 heterocycles. The van der Waals surface area contributed by atoms with E-state index < -0.39 is 47.1 Å². The fourth-order valence-electron chi connectivity index (χ4n) is 9.48. The molecule has 9 nitrogen and oxygen atoms in total. The van der Waals surface area contributed by atoms with E-state index in [0.717, 1.165) is 29.6 Å². The summed E-state index contributed by atoms with van der Waals surface area (Å²) in [6.45, 7) is 10.3. The molecule has 5 aliphatic rings. The maximum absolute atomic E-state index is 14.7. The van der Waals surface area contributed by atoms with Crippen molar-refractivity contribution >= 4 is 11.9 Å². The number of amides is 1. The molecule has 6 rings (SSSR count). The van der Waals surface area contributed by atoms with Crippen molar-refractivity contribution in [1.29, 1.82) is 0 Å². The summed E-state index contributed by atoms with van der Waals surface area (Å²) in [4.78, 5) is 27.1. The Kier molecular flexibility index (Phi) is 12.2. The van der Waals surface area contributed by atoms with Crippen molar-refractivity contribution in [2.45, 2.75) is 102 Å². The van der Waals surface area contributed by atoms with Crippen molar-refractivity contribution in [2.24, 2.45) is 28.9 Å². The average Bonchev–Trinajstić information content (AvgIpc) is 3.48. The number of ketones is 1. The van der Waals surface area contributed by atoms with Crippen LogP contribution >= 0.6 is 0 Å². The van der Waals surface area contributed by atoms with Gasteiger partial charge in [-0.25, -0.2) is 4.79 Å². The molecule has 9 heteroatoms. The van der Waals surface area contributed by atoms with Crippen molar-refractivity contribution in [2.75, 3.05) is 19.8 Å². The molecule has 1 aromatic carbocycles. The Morgan fingerprint density at radius 1 is 1.11 bits per heavy atom. The van der Waals surface area contributed by atoms with Crippen molar-refractivity contribution in [3.8, 4) is 29.4 Å². The van der Waals surface area contributed by atoms with Gasteiger partial charge in [0.2, 0.25) is 0 Å². The third-order valence-electron chi connectivity index (χ3n) is 12.5. The Hall–Kier alpha value is -4.22. The van der Waals surface area contributed by atoms with Crippen molar-refractivity contribution < 1.29 is 34.4 Å². The van der Waals surface area contributed by atoms with Crippen LogP contribution in [-0.4, -0.2) is 58.7 Å².